The van der Waals surface area contributed by atoms with Gasteiger partial charge in [0, 0.05) is 36.7 Å². The van der Waals surface area contributed by atoms with E-state index in [0.29, 0.717) is 17.2 Å². The van der Waals surface area contributed by atoms with Crippen molar-refractivity contribution >= 4 is 33.9 Å². The third kappa shape index (κ3) is 4.76. The number of fused-ring (bicyclic) bond motifs is 1. The highest BCUT2D eigenvalue weighted by Gasteiger charge is 2.30. The summed E-state index contributed by atoms with van der Waals surface area (Å²) in [5.74, 6) is -0.167. The van der Waals surface area contributed by atoms with E-state index in [1.807, 2.05) is 19.1 Å². The highest BCUT2D eigenvalue weighted by atomic mass is 32.1. The number of nitrogens with one attached hydrogen (secondary N) is 1. The Morgan fingerprint density at radius 2 is 1.81 bits per heavy atom. The van der Waals surface area contributed by atoms with E-state index in [1.54, 1.807) is 19.1 Å². The summed E-state index contributed by atoms with van der Waals surface area (Å²) in [5, 5.41) is 13.2. The lowest BCUT2D eigenvalue weighted by Crippen LogP contribution is -2.52. The molecule has 0 saturated carbocycles. The second-order valence-electron chi connectivity index (χ2n) is 8.34. The van der Waals surface area contributed by atoms with Crippen LogP contribution in [-0.4, -0.2) is 60.7 Å². The molecule has 2 aromatic rings. The molecule has 1 unspecified atom stereocenters. The molecule has 7 nitrogen and oxygen atoms in total. The van der Waals surface area contributed by atoms with Crippen LogP contribution in [0.1, 0.15) is 47.5 Å². The maximum Gasteiger partial charge on any atom is 0.341 e. The molecule has 0 bridgehead atoms. The lowest BCUT2D eigenvalue weighted by atomic mass is 9.95. The SMILES string of the molecule is CCOC(=O)c1c(NC(=O)C(C)N2CCN(c3ccc(O)cc3)CC2)sc2c1CCCC2. The Labute approximate surface area is 193 Å². The number of aryl methyl sites for hydroxylation is 1. The molecule has 1 fully saturated rings. The van der Waals surface area contributed by atoms with Gasteiger partial charge in [0.1, 0.15) is 10.8 Å². The van der Waals surface area contributed by atoms with Crippen LogP contribution in [0.4, 0.5) is 10.7 Å². The molecule has 2 heterocycles. The number of aromatic hydroxyl groups is 1. The van der Waals surface area contributed by atoms with Crippen molar-refractivity contribution in [1.82, 2.24) is 4.90 Å². The van der Waals surface area contributed by atoms with E-state index >= 15 is 0 Å². The maximum atomic E-state index is 13.1. The first-order valence-electron chi connectivity index (χ1n) is 11.4. The zero-order chi connectivity index (χ0) is 22.7. The summed E-state index contributed by atoms with van der Waals surface area (Å²) in [6.45, 7) is 7.19. The minimum Gasteiger partial charge on any atom is -0.508 e. The van der Waals surface area contributed by atoms with Gasteiger partial charge in [-0.25, -0.2) is 4.79 Å². The number of benzene rings is 1. The van der Waals surface area contributed by atoms with Crippen molar-refractivity contribution in [3.05, 3.63) is 40.3 Å². The van der Waals surface area contributed by atoms with Crippen LogP contribution in [0.2, 0.25) is 0 Å². The van der Waals surface area contributed by atoms with Gasteiger partial charge in [-0.1, -0.05) is 0 Å². The van der Waals surface area contributed by atoms with E-state index in [4.69, 9.17) is 4.74 Å². The number of esters is 1. The number of phenolic OH excluding ortho intramolecular Hbond substituents is 1. The smallest absolute Gasteiger partial charge is 0.341 e. The summed E-state index contributed by atoms with van der Waals surface area (Å²) in [6.07, 6.45) is 4.00. The van der Waals surface area contributed by atoms with Gasteiger partial charge in [0.05, 0.1) is 18.2 Å². The van der Waals surface area contributed by atoms with Crippen LogP contribution in [0.3, 0.4) is 0 Å². The van der Waals surface area contributed by atoms with Gasteiger partial charge in [0.15, 0.2) is 0 Å². The average molecular weight is 458 g/mol. The van der Waals surface area contributed by atoms with Gasteiger partial charge in [0.25, 0.3) is 0 Å². The van der Waals surface area contributed by atoms with Crippen molar-refractivity contribution in [2.45, 2.75) is 45.6 Å². The molecule has 1 amide bonds. The second-order valence-corrected chi connectivity index (χ2v) is 9.45. The monoisotopic (exact) mass is 457 g/mol. The zero-order valence-corrected chi connectivity index (χ0v) is 19.5. The molecule has 1 aliphatic carbocycles. The fraction of sp³-hybridized carbons (Fsp3) is 0.500. The standard InChI is InChI=1S/C24H31N3O4S/c1-3-31-24(30)21-19-6-4-5-7-20(19)32-23(21)25-22(29)16(2)26-12-14-27(15-13-26)17-8-10-18(28)11-9-17/h8-11,16,28H,3-7,12-15H2,1-2H3,(H,25,29). The summed E-state index contributed by atoms with van der Waals surface area (Å²) >= 11 is 1.53. The molecule has 32 heavy (non-hydrogen) atoms. The largest absolute Gasteiger partial charge is 0.508 e. The number of amides is 1. The Morgan fingerprint density at radius 1 is 1.12 bits per heavy atom. The molecule has 0 spiro atoms. The Bertz CT molecular complexity index is 964. The first-order valence-corrected chi connectivity index (χ1v) is 12.2. The fourth-order valence-corrected chi connectivity index (χ4v) is 5.77. The number of hydrogen-bond donors (Lipinski definition) is 2. The van der Waals surface area contributed by atoms with E-state index in [0.717, 1.165) is 63.1 Å². The van der Waals surface area contributed by atoms with Crippen LogP contribution in [0, 0.1) is 0 Å². The number of piperazine rings is 1. The van der Waals surface area contributed by atoms with Crippen LogP contribution >= 0.6 is 11.3 Å². The number of phenols is 1. The van der Waals surface area contributed by atoms with E-state index < -0.39 is 0 Å². The summed E-state index contributed by atoms with van der Waals surface area (Å²) in [5.41, 5.74) is 2.69. The lowest BCUT2D eigenvalue weighted by molar-refractivity contribution is -0.120. The molecule has 1 saturated heterocycles. The van der Waals surface area contributed by atoms with Crippen molar-refractivity contribution < 1.29 is 19.4 Å². The first-order chi connectivity index (χ1) is 15.5. The highest BCUT2D eigenvalue weighted by Crippen LogP contribution is 2.38. The third-order valence-electron chi connectivity index (χ3n) is 6.34. The van der Waals surface area contributed by atoms with Gasteiger partial charge in [0.2, 0.25) is 5.91 Å². The molecule has 2 N–H and O–H groups in total. The second kappa shape index (κ2) is 9.92. The Balaban J connectivity index is 1.41. The van der Waals surface area contributed by atoms with Crippen molar-refractivity contribution in [2.24, 2.45) is 0 Å². The number of nitrogens with zero attached hydrogens (tertiary/aromatic N) is 2. The van der Waals surface area contributed by atoms with Crippen LogP contribution in [-0.2, 0) is 22.4 Å². The Morgan fingerprint density at radius 3 is 2.50 bits per heavy atom. The van der Waals surface area contributed by atoms with Gasteiger partial charge in [-0.05, 0) is 69.4 Å². The number of rotatable bonds is 6. The molecule has 8 heteroatoms. The molecule has 172 valence electrons. The van der Waals surface area contributed by atoms with Crippen LogP contribution in [0.15, 0.2) is 24.3 Å². The minimum absolute atomic E-state index is 0.0905. The van der Waals surface area contributed by atoms with E-state index in [2.05, 4.69) is 15.1 Å². The van der Waals surface area contributed by atoms with Crippen molar-refractivity contribution in [2.75, 3.05) is 43.0 Å². The van der Waals surface area contributed by atoms with Crippen LogP contribution in [0.5, 0.6) is 5.75 Å². The summed E-state index contributed by atoms with van der Waals surface area (Å²) in [4.78, 5) is 31.4. The Hall–Kier alpha value is -2.58. The summed E-state index contributed by atoms with van der Waals surface area (Å²) in [7, 11) is 0. The van der Waals surface area contributed by atoms with E-state index in [-0.39, 0.29) is 23.7 Å². The predicted molar refractivity (Wildman–Crippen MR) is 127 cm³/mol. The van der Waals surface area contributed by atoms with E-state index in [1.165, 1.54) is 16.2 Å². The lowest BCUT2D eigenvalue weighted by Gasteiger charge is -2.38. The quantitative estimate of drug-likeness (QED) is 0.645. The predicted octanol–water partition coefficient (Wildman–Crippen LogP) is 3.66. The molecule has 1 aliphatic heterocycles. The maximum absolute atomic E-state index is 13.1. The first kappa shape index (κ1) is 22.6. The fourth-order valence-electron chi connectivity index (χ4n) is 4.49. The number of ether oxygens (including phenoxy) is 1. The number of carbonyl (C=O) groups is 2. The zero-order valence-electron chi connectivity index (χ0n) is 18.7. The van der Waals surface area contributed by atoms with Crippen molar-refractivity contribution in [1.29, 1.82) is 0 Å². The van der Waals surface area contributed by atoms with E-state index in [9.17, 15) is 14.7 Å². The van der Waals surface area contributed by atoms with Gasteiger partial charge in [-0.15, -0.1) is 11.3 Å². The number of hydrogen-bond acceptors (Lipinski definition) is 7. The Kier molecular flexibility index (Phi) is 7.01. The number of thiophene rings is 1. The van der Waals surface area contributed by atoms with Gasteiger partial charge >= 0.3 is 5.97 Å². The highest BCUT2D eigenvalue weighted by molar-refractivity contribution is 7.17. The molecular formula is C24H31N3O4S. The molecule has 0 radical (unpaired) electrons. The average Bonchev–Trinajstić information content (AvgIpc) is 3.17. The minimum atomic E-state index is -0.336. The molecule has 1 aromatic carbocycles. The molecule has 1 aromatic heterocycles. The van der Waals surface area contributed by atoms with Gasteiger partial charge in [-0.2, -0.15) is 0 Å². The summed E-state index contributed by atoms with van der Waals surface area (Å²) in [6, 6.07) is 6.91. The number of anilines is 2. The third-order valence-corrected chi connectivity index (χ3v) is 7.55. The van der Waals surface area contributed by atoms with Crippen LogP contribution < -0.4 is 10.2 Å². The van der Waals surface area contributed by atoms with Gasteiger partial charge < -0.3 is 20.1 Å². The number of carbonyl (C=O) groups excluding carboxylic acids is 2. The molecule has 2 aliphatic rings. The molecule has 4 rings (SSSR count). The van der Waals surface area contributed by atoms with Crippen LogP contribution in [0.25, 0.3) is 0 Å². The molecule has 1 atom stereocenters. The van der Waals surface area contributed by atoms with Crippen molar-refractivity contribution in [3.63, 3.8) is 0 Å². The van der Waals surface area contributed by atoms with Crippen molar-refractivity contribution in [3.8, 4) is 5.75 Å². The normalized spacial score (nSPS) is 17.5. The molecular weight excluding hydrogens is 426 g/mol. The van der Waals surface area contributed by atoms with Gasteiger partial charge in [-0.3, -0.25) is 9.69 Å². The topological polar surface area (TPSA) is 82.1 Å². The summed E-state index contributed by atoms with van der Waals surface area (Å²) < 4.78 is 5.30.